The zero-order valence-electron chi connectivity index (χ0n) is 15.1. The van der Waals surface area contributed by atoms with E-state index in [9.17, 15) is 14.4 Å². The van der Waals surface area contributed by atoms with Gasteiger partial charge >= 0.3 is 0 Å². The fourth-order valence-corrected chi connectivity index (χ4v) is 3.25. The molecule has 1 aromatic heterocycles. The third kappa shape index (κ3) is 5.32. The molecule has 0 radical (unpaired) electrons. The van der Waals surface area contributed by atoms with Gasteiger partial charge in [0.15, 0.2) is 5.16 Å². The Morgan fingerprint density at radius 1 is 1.15 bits per heavy atom. The maximum absolute atomic E-state index is 12.7. The maximum Gasteiger partial charge on any atom is 0.262 e. The molecule has 2 N–H and O–H groups in total. The first kappa shape index (κ1) is 20.0. The number of likely N-dealkylation sites (N-methyl/N-ethyl adjacent to an activating group) is 1. The standard InChI is InChI=1S/C18H24N4O3S/c1-3-5-10-22-17(25)13-8-6-7-9-14(13)21-18(22)26-12-16(24)20-11-15(23)19-4-2/h6-9H,3-5,10-12H2,1-2H3,(H,19,23)(H,20,24). The second-order valence-electron chi connectivity index (χ2n) is 5.74. The van der Waals surface area contributed by atoms with Crippen LogP contribution < -0.4 is 16.2 Å². The van der Waals surface area contributed by atoms with Crippen LogP contribution in [0.25, 0.3) is 10.9 Å². The van der Waals surface area contributed by atoms with Crippen molar-refractivity contribution in [3.8, 4) is 0 Å². The van der Waals surface area contributed by atoms with Crippen molar-refractivity contribution in [3.63, 3.8) is 0 Å². The molecule has 0 aliphatic rings. The molecule has 2 amide bonds. The van der Waals surface area contributed by atoms with Crippen LogP contribution in [0, 0.1) is 0 Å². The van der Waals surface area contributed by atoms with Gasteiger partial charge in [-0.25, -0.2) is 4.98 Å². The van der Waals surface area contributed by atoms with Crippen molar-refractivity contribution in [1.29, 1.82) is 0 Å². The number of fused-ring (bicyclic) bond motifs is 1. The summed E-state index contributed by atoms with van der Waals surface area (Å²) < 4.78 is 1.63. The predicted octanol–water partition coefficient (Wildman–Crippen LogP) is 1.54. The van der Waals surface area contributed by atoms with Crippen LogP contribution in [0.1, 0.15) is 26.7 Å². The highest BCUT2D eigenvalue weighted by Crippen LogP contribution is 2.18. The molecule has 2 rings (SSSR count). The number of para-hydroxylation sites is 1. The average molecular weight is 376 g/mol. The lowest BCUT2D eigenvalue weighted by Crippen LogP contribution is -2.37. The fourth-order valence-electron chi connectivity index (χ4n) is 2.39. The van der Waals surface area contributed by atoms with Crippen LogP contribution in [0.2, 0.25) is 0 Å². The highest BCUT2D eigenvalue weighted by molar-refractivity contribution is 7.99. The number of unbranched alkanes of at least 4 members (excludes halogenated alkanes) is 1. The van der Waals surface area contributed by atoms with Crippen LogP contribution in [-0.2, 0) is 16.1 Å². The fraction of sp³-hybridized carbons (Fsp3) is 0.444. The van der Waals surface area contributed by atoms with E-state index in [1.165, 1.54) is 11.8 Å². The zero-order chi connectivity index (χ0) is 18.9. The molecule has 0 atom stereocenters. The van der Waals surface area contributed by atoms with Crippen LogP contribution in [0.4, 0.5) is 0 Å². The number of nitrogens with zero attached hydrogens (tertiary/aromatic N) is 2. The average Bonchev–Trinajstić information content (AvgIpc) is 2.64. The van der Waals surface area contributed by atoms with Crippen molar-refractivity contribution in [2.45, 2.75) is 38.4 Å². The number of aromatic nitrogens is 2. The molecule has 7 nitrogen and oxygen atoms in total. The highest BCUT2D eigenvalue weighted by Gasteiger charge is 2.13. The summed E-state index contributed by atoms with van der Waals surface area (Å²) in [4.78, 5) is 40.7. The molecular formula is C18H24N4O3S. The molecule has 0 fully saturated rings. The van der Waals surface area contributed by atoms with Gasteiger partial charge in [-0.15, -0.1) is 0 Å². The Morgan fingerprint density at radius 2 is 1.92 bits per heavy atom. The third-order valence-corrected chi connectivity index (χ3v) is 4.69. The van der Waals surface area contributed by atoms with Crippen molar-refractivity contribution < 1.29 is 9.59 Å². The van der Waals surface area contributed by atoms with E-state index in [0.717, 1.165) is 12.8 Å². The minimum Gasteiger partial charge on any atom is -0.355 e. The third-order valence-electron chi connectivity index (χ3n) is 3.71. The van der Waals surface area contributed by atoms with E-state index in [0.29, 0.717) is 29.1 Å². The number of nitrogens with one attached hydrogen (secondary N) is 2. The molecule has 0 aliphatic heterocycles. The number of hydrogen-bond donors (Lipinski definition) is 2. The number of carbonyl (C=O) groups is 2. The van der Waals surface area contributed by atoms with Gasteiger partial charge in [0, 0.05) is 13.1 Å². The first-order valence-corrected chi connectivity index (χ1v) is 9.71. The molecular weight excluding hydrogens is 352 g/mol. The normalized spacial score (nSPS) is 10.7. The van der Waals surface area contributed by atoms with E-state index in [1.54, 1.807) is 16.7 Å². The number of rotatable bonds is 9. The summed E-state index contributed by atoms with van der Waals surface area (Å²) in [6, 6.07) is 7.20. The minimum atomic E-state index is -0.272. The Morgan fingerprint density at radius 3 is 2.65 bits per heavy atom. The van der Waals surface area contributed by atoms with Gasteiger partial charge in [0.25, 0.3) is 5.56 Å². The van der Waals surface area contributed by atoms with Crippen molar-refractivity contribution in [2.24, 2.45) is 0 Å². The number of benzene rings is 1. The first-order valence-electron chi connectivity index (χ1n) is 8.72. The molecule has 140 valence electrons. The molecule has 0 saturated carbocycles. The molecule has 0 spiro atoms. The minimum absolute atomic E-state index is 0.0545. The SMILES string of the molecule is CCCCn1c(SCC(=O)NCC(=O)NCC)nc2ccccc2c1=O. The Balaban J connectivity index is 2.13. The van der Waals surface area contributed by atoms with Gasteiger partial charge in [0.05, 0.1) is 23.2 Å². The number of amides is 2. The Kier molecular flexibility index (Phi) is 7.65. The summed E-state index contributed by atoms with van der Waals surface area (Å²) in [5.41, 5.74) is 0.532. The molecule has 0 aliphatic carbocycles. The maximum atomic E-state index is 12.7. The Labute approximate surface area is 156 Å². The van der Waals surface area contributed by atoms with Gasteiger partial charge in [0.1, 0.15) is 0 Å². The Bertz CT molecular complexity index is 835. The van der Waals surface area contributed by atoms with Gasteiger partial charge in [-0.05, 0) is 25.5 Å². The second kappa shape index (κ2) is 9.96. The predicted molar refractivity (Wildman–Crippen MR) is 103 cm³/mol. The van der Waals surface area contributed by atoms with E-state index < -0.39 is 0 Å². The molecule has 0 saturated heterocycles. The molecule has 0 unspecified atom stereocenters. The molecule has 2 aromatic rings. The summed E-state index contributed by atoms with van der Waals surface area (Å²) in [5.74, 6) is -0.406. The van der Waals surface area contributed by atoms with E-state index in [4.69, 9.17) is 0 Å². The summed E-state index contributed by atoms with van der Waals surface area (Å²) in [6.45, 7) is 4.91. The van der Waals surface area contributed by atoms with E-state index in [2.05, 4.69) is 22.5 Å². The van der Waals surface area contributed by atoms with Gasteiger partial charge in [-0.3, -0.25) is 19.0 Å². The van der Waals surface area contributed by atoms with E-state index >= 15 is 0 Å². The lowest BCUT2D eigenvalue weighted by Gasteiger charge is -2.12. The quantitative estimate of drug-likeness (QED) is 0.512. The number of carbonyl (C=O) groups excluding carboxylic acids is 2. The van der Waals surface area contributed by atoms with E-state index in [1.807, 2.05) is 19.1 Å². The number of thioether (sulfide) groups is 1. The largest absolute Gasteiger partial charge is 0.355 e. The van der Waals surface area contributed by atoms with Gasteiger partial charge in [-0.2, -0.15) is 0 Å². The monoisotopic (exact) mass is 376 g/mol. The van der Waals surface area contributed by atoms with E-state index in [-0.39, 0.29) is 29.7 Å². The first-order chi connectivity index (χ1) is 12.6. The van der Waals surface area contributed by atoms with Gasteiger partial charge in [0.2, 0.25) is 11.8 Å². The molecule has 8 heteroatoms. The van der Waals surface area contributed by atoms with Crippen LogP contribution in [0.15, 0.2) is 34.2 Å². The van der Waals surface area contributed by atoms with Gasteiger partial charge in [-0.1, -0.05) is 37.2 Å². The van der Waals surface area contributed by atoms with Crippen LogP contribution in [-0.4, -0.2) is 40.2 Å². The summed E-state index contributed by atoms with van der Waals surface area (Å²) in [6.07, 6.45) is 1.81. The van der Waals surface area contributed by atoms with Crippen molar-refractivity contribution >= 4 is 34.5 Å². The molecule has 1 heterocycles. The Hall–Kier alpha value is -2.35. The van der Waals surface area contributed by atoms with Gasteiger partial charge < -0.3 is 10.6 Å². The second-order valence-corrected chi connectivity index (χ2v) is 6.68. The molecule has 1 aromatic carbocycles. The summed E-state index contributed by atoms with van der Waals surface area (Å²) in [7, 11) is 0. The van der Waals surface area contributed by atoms with Crippen molar-refractivity contribution in [2.75, 3.05) is 18.8 Å². The number of hydrogen-bond acceptors (Lipinski definition) is 5. The lowest BCUT2D eigenvalue weighted by atomic mass is 10.2. The lowest BCUT2D eigenvalue weighted by molar-refractivity contribution is -0.124. The summed E-state index contributed by atoms with van der Waals surface area (Å²) >= 11 is 1.21. The van der Waals surface area contributed by atoms with Crippen molar-refractivity contribution in [1.82, 2.24) is 20.2 Å². The zero-order valence-corrected chi connectivity index (χ0v) is 15.9. The van der Waals surface area contributed by atoms with Crippen LogP contribution in [0.5, 0.6) is 0 Å². The summed E-state index contributed by atoms with van der Waals surface area (Å²) in [5, 5.41) is 6.28. The topological polar surface area (TPSA) is 93.1 Å². The molecule has 26 heavy (non-hydrogen) atoms. The molecule has 0 bridgehead atoms. The van der Waals surface area contributed by atoms with Crippen molar-refractivity contribution in [3.05, 3.63) is 34.6 Å². The van der Waals surface area contributed by atoms with Crippen LogP contribution >= 0.6 is 11.8 Å². The highest BCUT2D eigenvalue weighted by atomic mass is 32.2. The van der Waals surface area contributed by atoms with Crippen LogP contribution in [0.3, 0.4) is 0 Å². The smallest absolute Gasteiger partial charge is 0.262 e.